The van der Waals surface area contributed by atoms with Crippen molar-refractivity contribution in [2.24, 2.45) is 0 Å². The van der Waals surface area contributed by atoms with E-state index in [2.05, 4.69) is 31.4 Å². The van der Waals surface area contributed by atoms with Crippen LogP contribution in [0.5, 0.6) is 0 Å². The molecule has 0 aliphatic heterocycles. The number of amides is 1. The van der Waals surface area contributed by atoms with Crippen molar-refractivity contribution in [3.05, 3.63) is 87.3 Å². The van der Waals surface area contributed by atoms with E-state index in [1.165, 1.54) is 11.8 Å². The topological polar surface area (TPSA) is 59.8 Å². The Hall–Kier alpha value is -2.32. The number of thioether (sulfide) groups is 1. The van der Waals surface area contributed by atoms with Crippen LogP contribution < -0.4 is 5.32 Å². The number of nitrogens with one attached hydrogen (secondary N) is 1. The molecule has 0 aliphatic rings. The van der Waals surface area contributed by atoms with Gasteiger partial charge in [-0.15, -0.1) is 10.2 Å². The zero-order valence-electron chi connectivity index (χ0n) is 15.9. The molecule has 1 amide bonds. The molecule has 5 nitrogen and oxygen atoms in total. The van der Waals surface area contributed by atoms with Gasteiger partial charge in [-0.25, -0.2) is 0 Å². The number of anilines is 1. The minimum absolute atomic E-state index is 0.133. The first-order chi connectivity index (χ1) is 15.0. The summed E-state index contributed by atoms with van der Waals surface area (Å²) in [7, 11) is 0. The van der Waals surface area contributed by atoms with E-state index in [-0.39, 0.29) is 11.7 Å². The van der Waals surface area contributed by atoms with Gasteiger partial charge in [0.25, 0.3) is 0 Å². The molecule has 0 bridgehead atoms. The van der Waals surface area contributed by atoms with Crippen LogP contribution in [-0.4, -0.2) is 26.4 Å². The molecule has 31 heavy (non-hydrogen) atoms. The van der Waals surface area contributed by atoms with Crippen LogP contribution in [0.25, 0.3) is 17.1 Å². The van der Waals surface area contributed by atoms with Gasteiger partial charge in [-0.1, -0.05) is 50.9 Å². The Morgan fingerprint density at radius 1 is 0.903 bits per heavy atom. The molecule has 1 aromatic heterocycles. The normalized spacial score (nSPS) is 10.8. The lowest BCUT2D eigenvalue weighted by atomic mass is 10.2. The third-order valence-electron chi connectivity index (χ3n) is 4.28. The Morgan fingerprint density at radius 3 is 2.16 bits per heavy atom. The van der Waals surface area contributed by atoms with Gasteiger partial charge in [0.05, 0.1) is 5.75 Å². The average Bonchev–Trinajstić information content (AvgIpc) is 3.19. The third-order valence-corrected chi connectivity index (χ3v) is 6.24. The molecule has 0 saturated carbocycles. The summed E-state index contributed by atoms with van der Waals surface area (Å²) in [4.78, 5) is 12.4. The molecule has 4 aromatic rings. The largest absolute Gasteiger partial charge is 0.325 e. The Kier molecular flexibility index (Phi) is 6.97. The van der Waals surface area contributed by atoms with E-state index in [4.69, 9.17) is 23.2 Å². The van der Waals surface area contributed by atoms with Crippen molar-refractivity contribution in [1.29, 1.82) is 0 Å². The van der Waals surface area contributed by atoms with Gasteiger partial charge in [-0.2, -0.15) is 0 Å². The van der Waals surface area contributed by atoms with Gasteiger partial charge in [0, 0.05) is 31.5 Å². The molecule has 0 saturated heterocycles. The number of hydrogen-bond donors (Lipinski definition) is 1. The van der Waals surface area contributed by atoms with Crippen LogP contribution in [0.15, 0.2) is 82.4 Å². The zero-order chi connectivity index (χ0) is 21.8. The van der Waals surface area contributed by atoms with Crippen molar-refractivity contribution in [2.75, 3.05) is 11.1 Å². The first kappa shape index (κ1) is 21.9. The summed E-state index contributed by atoms with van der Waals surface area (Å²) >= 11 is 16.8. The lowest BCUT2D eigenvalue weighted by Crippen LogP contribution is -2.14. The second-order valence-electron chi connectivity index (χ2n) is 6.47. The predicted molar refractivity (Wildman–Crippen MR) is 130 cm³/mol. The molecular weight excluding hydrogens is 519 g/mol. The third kappa shape index (κ3) is 5.49. The maximum absolute atomic E-state index is 12.4. The van der Waals surface area contributed by atoms with E-state index >= 15 is 0 Å². The predicted octanol–water partition coefficient (Wildman–Crippen LogP) is 6.73. The monoisotopic (exact) mass is 532 g/mol. The van der Waals surface area contributed by atoms with Crippen LogP contribution in [-0.2, 0) is 4.79 Å². The van der Waals surface area contributed by atoms with Crippen LogP contribution in [0.2, 0.25) is 10.0 Å². The molecule has 0 fully saturated rings. The van der Waals surface area contributed by atoms with Crippen molar-refractivity contribution >= 4 is 62.5 Å². The van der Waals surface area contributed by atoms with E-state index < -0.39 is 0 Å². The van der Waals surface area contributed by atoms with Gasteiger partial charge in [0.2, 0.25) is 5.91 Å². The molecule has 0 atom stereocenters. The van der Waals surface area contributed by atoms with Crippen molar-refractivity contribution in [3.8, 4) is 17.1 Å². The van der Waals surface area contributed by atoms with Gasteiger partial charge in [-0.3, -0.25) is 9.36 Å². The highest BCUT2D eigenvalue weighted by atomic mass is 79.9. The van der Waals surface area contributed by atoms with Crippen molar-refractivity contribution in [1.82, 2.24) is 14.8 Å². The van der Waals surface area contributed by atoms with Crippen LogP contribution in [0.3, 0.4) is 0 Å². The molecule has 1 N–H and O–H groups in total. The van der Waals surface area contributed by atoms with E-state index in [9.17, 15) is 4.79 Å². The van der Waals surface area contributed by atoms with E-state index in [0.717, 1.165) is 21.4 Å². The van der Waals surface area contributed by atoms with Gasteiger partial charge >= 0.3 is 0 Å². The number of aromatic nitrogens is 3. The number of carbonyl (C=O) groups excluding carboxylic acids is 1. The first-order valence-corrected chi connectivity index (χ1v) is 11.7. The number of rotatable bonds is 6. The number of hydrogen-bond acceptors (Lipinski definition) is 4. The van der Waals surface area contributed by atoms with Crippen molar-refractivity contribution in [2.45, 2.75) is 5.16 Å². The average molecular weight is 534 g/mol. The van der Waals surface area contributed by atoms with Crippen LogP contribution in [0, 0.1) is 0 Å². The van der Waals surface area contributed by atoms with E-state index in [0.29, 0.717) is 21.0 Å². The SMILES string of the molecule is O=C(CSc1nnc(-c2ccc(Cl)cc2)n1-c1ccc(Cl)cc1)Nc1ccc(Br)cc1. The molecule has 0 unspecified atom stereocenters. The van der Waals surface area contributed by atoms with Gasteiger partial charge in [-0.05, 0) is 72.8 Å². The van der Waals surface area contributed by atoms with Crippen LogP contribution in [0.4, 0.5) is 5.69 Å². The van der Waals surface area contributed by atoms with Gasteiger partial charge in [0.1, 0.15) is 0 Å². The standard InChI is InChI=1S/C22H15BrCl2N4OS/c23-15-3-9-18(10-4-15)26-20(30)13-31-22-28-27-21(14-1-5-16(24)6-2-14)29(22)19-11-7-17(25)8-12-19/h1-12H,13H2,(H,26,30). The Balaban J connectivity index is 1.59. The highest BCUT2D eigenvalue weighted by Crippen LogP contribution is 2.29. The Morgan fingerprint density at radius 2 is 1.52 bits per heavy atom. The number of benzene rings is 3. The molecule has 9 heteroatoms. The smallest absolute Gasteiger partial charge is 0.234 e. The summed E-state index contributed by atoms with van der Waals surface area (Å²) < 4.78 is 2.85. The fourth-order valence-corrected chi connectivity index (χ4v) is 4.10. The fraction of sp³-hybridized carbons (Fsp3) is 0.0455. The number of halogens is 3. The molecule has 3 aromatic carbocycles. The van der Waals surface area contributed by atoms with E-state index in [1.54, 1.807) is 24.3 Å². The summed E-state index contributed by atoms with van der Waals surface area (Å²) in [5.41, 5.74) is 2.43. The van der Waals surface area contributed by atoms with Crippen LogP contribution >= 0.6 is 50.9 Å². The van der Waals surface area contributed by atoms with E-state index in [1.807, 2.05) is 53.1 Å². The molecule has 0 aliphatic carbocycles. The zero-order valence-corrected chi connectivity index (χ0v) is 19.8. The summed E-state index contributed by atoms with van der Waals surface area (Å²) in [6.45, 7) is 0. The summed E-state index contributed by atoms with van der Waals surface area (Å²) in [6.07, 6.45) is 0. The number of carbonyl (C=O) groups is 1. The Bertz CT molecular complexity index is 1200. The lowest BCUT2D eigenvalue weighted by Gasteiger charge is -2.11. The highest BCUT2D eigenvalue weighted by molar-refractivity contribution is 9.10. The lowest BCUT2D eigenvalue weighted by molar-refractivity contribution is -0.113. The molecule has 156 valence electrons. The second-order valence-corrected chi connectivity index (χ2v) is 9.20. The van der Waals surface area contributed by atoms with Crippen LogP contribution in [0.1, 0.15) is 0 Å². The second kappa shape index (κ2) is 9.87. The molecule has 1 heterocycles. The van der Waals surface area contributed by atoms with Crippen molar-refractivity contribution < 1.29 is 4.79 Å². The molecule has 4 rings (SSSR count). The summed E-state index contributed by atoms with van der Waals surface area (Å²) in [5, 5.41) is 13.4. The number of nitrogens with zero attached hydrogens (tertiary/aromatic N) is 3. The Labute approximate surface area is 201 Å². The first-order valence-electron chi connectivity index (χ1n) is 9.15. The molecule has 0 radical (unpaired) electrons. The minimum Gasteiger partial charge on any atom is -0.325 e. The summed E-state index contributed by atoms with van der Waals surface area (Å²) in [6, 6.07) is 22.2. The minimum atomic E-state index is -0.133. The maximum Gasteiger partial charge on any atom is 0.234 e. The fourth-order valence-electron chi connectivity index (χ4n) is 2.83. The van der Waals surface area contributed by atoms with Gasteiger partial charge < -0.3 is 5.32 Å². The quantitative estimate of drug-likeness (QED) is 0.279. The molecular formula is C22H15BrCl2N4OS. The van der Waals surface area contributed by atoms with Crippen molar-refractivity contribution in [3.63, 3.8) is 0 Å². The summed E-state index contributed by atoms with van der Waals surface area (Å²) in [5.74, 6) is 0.698. The molecule has 0 spiro atoms. The van der Waals surface area contributed by atoms with Gasteiger partial charge in [0.15, 0.2) is 11.0 Å². The highest BCUT2D eigenvalue weighted by Gasteiger charge is 2.17. The maximum atomic E-state index is 12.4.